The molecule has 2 saturated carbocycles. The topological polar surface area (TPSA) is 219 Å². The Morgan fingerprint density at radius 3 is 1.19 bits per heavy atom. The highest BCUT2D eigenvalue weighted by Gasteiger charge is 2.46. The van der Waals surface area contributed by atoms with Crippen LogP contribution in [0.5, 0.6) is 23.0 Å². The minimum atomic E-state index is -0.619. The number of amidine groups is 3. The number of nitrogens with zero attached hydrogens (tertiary/aromatic N) is 6. The van der Waals surface area contributed by atoms with E-state index in [-0.39, 0.29) is 84.0 Å². The van der Waals surface area contributed by atoms with Gasteiger partial charge >= 0.3 is 5.97 Å². The lowest BCUT2D eigenvalue weighted by Gasteiger charge is -2.34. The number of aromatic hydroxyl groups is 2. The smallest absolute Gasteiger partial charge is 0.325 e. The first-order valence-electron chi connectivity index (χ1n) is 46.1. The van der Waals surface area contributed by atoms with Crippen LogP contribution in [-0.4, -0.2) is 153 Å². The number of rotatable bonds is 37. The van der Waals surface area contributed by atoms with Gasteiger partial charge in [0.05, 0.1) is 31.2 Å². The van der Waals surface area contributed by atoms with E-state index in [1.54, 1.807) is 30.3 Å². The zero-order valence-corrected chi connectivity index (χ0v) is 75.2. The van der Waals surface area contributed by atoms with E-state index < -0.39 is 12.0 Å². The van der Waals surface area contributed by atoms with Crippen LogP contribution in [0.25, 0.3) is 0 Å². The van der Waals surface area contributed by atoms with Crippen molar-refractivity contribution in [3.63, 3.8) is 0 Å². The van der Waals surface area contributed by atoms with Gasteiger partial charge in [-0.2, -0.15) is 11.8 Å². The number of ether oxygens (including phenoxy) is 3. The summed E-state index contributed by atoms with van der Waals surface area (Å²) in [5.74, 6) is 5.06. The summed E-state index contributed by atoms with van der Waals surface area (Å²) < 4.78 is 16.8. The minimum absolute atomic E-state index is 0.0367. The van der Waals surface area contributed by atoms with Crippen molar-refractivity contribution in [2.45, 2.75) is 196 Å². The number of nitrogens with one attached hydrogen (secondary N) is 3. The highest BCUT2D eigenvalue weighted by Crippen LogP contribution is 2.38. The van der Waals surface area contributed by atoms with Crippen LogP contribution in [0.15, 0.2) is 324 Å². The van der Waals surface area contributed by atoms with Crippen LogP contribution >= 0.6 is 11.8 Å². The van der Waals surface area contributed by atoms with Crippen molar-refractivity contribution >= 4 is 53.0 Å². The van der Waals surface area contributed by atoms with Crippen LogP contribution in [0.2, 0.25) is 0 Å². The second kappa shape index (κ2) is 48.4. The molecule has 11 aromatic carbocycles. The van der Waals surface area contributed by atoms with E-state index in [0.29, 0.717) is 52.0 Å². The summed E-state index contributed by atoms with van der Waals surface area (Å²) in [5.41, 5.74) is 12.4. The average Bonchev–Trinajstić information content (AvgIpc) is 1.61. The molecule has 5 N–H and O–H groups in total. The molecular formula is C110H123N9O9S. The molecular weight excluding hydrogens is 1620 g/mol. The summed E-state index contributed by atoms with van der Waals surface area (Å²) in [6.07, 6.45) is 20.2. The first-order chi connectivity index (χ1) is 63.3. The largest absolute Gasteiger partial charge is 0.508 e. The van der Waals surface area contributed by atoms with Gasteiger partial charge in [-0.1, -0.05) is 299 Å². The normalized spacial score (nSPS) is 17.9. The fourth-order valence-electron chi connectivity index (χ4n) is 18.3. The molecule has 3 heterocycles. The zero-order valence-electron chi connectivity index (χ0n) is 74.4. The van der Waals surface area contributed by atoms with Crippen molar-refractivity contribution in [3.05, 3.63) is 371 Å². The Morgan fingerprint density at radius 1 is 0.411 bits per heavy atom. The number of thioether (sulfide) groups is 1. The van der Waals surface area contributed by atoms with Crippen LogP contribution in [0, 0.1) is 0 Å². The number of phenols is 2. The number of phenolic OH excluding ortho intramolecular Hbond substituents is 2. The summed E-state index contributed by atoms with van der Waals surface area (Å²) in [4.78, 5) is 76.4. The van der Waals surface area contributed by atoms with Crippen LogP contribution < -0.4 is 25.4 Å². The molecule has 5 aliphatic rings. The number of hydrogen-bond donors (Lipinski definition) is 5. The Morgan fingerprint density at radius 2 is 0.791 bits per heavy atom. The fourth-order valence-corrected chi connectivity index (χ4v) is 18.8. The van der Waals surface area contributed by atoms with Gasteiger partial charge in [-0.25, -0.2) is 0 Å². The molecule has 0 bridgehead atoms. The molecule has 3 amide bonds. The molecule has 11 aromatic rings. The number of aryl methyl sites for hydroxylation is 2. The van der Waals surface area contributed by atoms with E-state index >= 15 is 0 Å². The molecule has 16 rings (SSSR count). The first-order valence-corrected chi connectivity index (χ1v) is 47.5. The molecule has 6 atom stereocenters. The van der Waals surface area contributed by atoms with E-state index in [9.17, 15) is 29.4 Å². The molecule has 129 heavy (non-hydrogen) atoms. The summed E-state index contributed by atoms with van der Waals surface area (Å²) >= 11 is 1.83. The molecule has 0 aromatic heterocycles. The number of esters is 1. The van der Waals surface area contributed by atoms with Crippen molar-refractivity contribution in [1.82, 2.24) is 30.7 Å². The van der Waals surface area contributed by atoms with E-state index in [4.69, 9.17) is 29.2 Å². The maximum absolute atomic E-state index is 14.2. The molecule has 19 heteroatoms. The number of carbonyl (C=O) groups is 4. The maximum Gasteiger partial charge on any atom is 0.325 e. The van der Waals surface area contributed by atoms with E-state index in [2.05, 4.69) is 182 Å². The molecule has 3 aliphatic heterocycles. The lowest BCUT2D eigenvalue weighted by Crippen LogP contribution is -2.53. The Labute approximate surface area is 765 Å². The third kappa shape index (κ3) is 27.4. The molecule has 0 spiro atoms. The van der Waals surface area contributed by atoms with E-state index in [1.807, 2.05) is 145 Å². The Bertz CT molecular complexity index is 5340. The fraction of sp³-hybridized carbons (Fsp3) is 0.336. The van der Waals surface area contributed by atoms with Crippen LogP contribution in [-0.2, 0) is 82.2 Å². The van der Waals surface area contributed by atoms with Gasteiger partial charge in [0.15, 0.2) is 0 Å². The molecule has 6 unspecified atom stereocenters. The van der Waals surface area contributed by atoms with Crippen LogP contribution in [0.3, 0.4) is 0 Å². The number of benzene rings is 11. The van der Waals surface area contributed by atoms with Gasteiger partial charge in [-0.15, -0.1) is 0 Å². The Hall–Kier alpha value is -12.7. The monoisotopic (exact) mass is 1750 g/mol. The summed E-state index contributed by atoms with van der Waals surface area (Å²) in [7, 11) is 1.30. The molecule has 0 saturated heterocycles. The van der Waals surface area contributed by atoms with Gasteiger partial charge in [0.25, 0.3) is 0 Å². The molecule has 2 aliphatic carbocycles. The molecule has 2 fully saturated rings. The molecule has 668 valence electrons. The highest BCUT2D eigenvalue weighted by atomic mass is 32.2. The number of methoxy groups -OCH3 is 1. The second-order valence-electron chi connectivity index (χ2n) is 34.2. The summed E-state index contributed by atoms with van der Waals surface area (Å²) in [6, 6.07) is 102. The first kappa shape index (κ1) is 92.4. The van der Waals surface area contributed by atoms with Crippen molar-refractivity contribution in [3.8, 4) is 23.0 Å². The molecule has 18 nitrogen and oxygen atoms in total. The van der Waals surface area contributed by atoms with Crippen LogP contribution in [0.1, 0.15) is 151 Å². The van der Waals surface area contributed by atoms with Crippen molar-refractivity contribution in [2.75, 3.05) is 38.8 Å². The van der Waals surface area contributed by atoms with Gasteiger partial charge in [-0.3, -0.25) is 34.2 Å². The quantitative estimate of drug-likeness (QED) is 0.0229. The lowest BCUT2D eigenvalue weighted by atomic mass is 9.89. The Kier molecular flexibility index (Phi) is 34.7. The van der Waals surface area contributed by atoms with Gasteiger partial charge in [-0.05, 0) is 192 Å². The van der Waals surface area contributed by atoms with Gasteiger partial charge < -0.3 is 55.1 Å². The third-order valence-corrected chi connectivity index (χ3v) is 25.5. The SMILES string of the molecule is COC(=O)CNC(=O)C1C(Cc2ccc(OCc3ccccc3)cc2)N=C(Cc2cccc(O)c2)N1CCCc1ccccc1.CSCCC1N=C(C(c2ccccc2)c2ccccc2)N(Cc2ccccc2)C1C(=O)NC1CCCCC1.O=C(NC1CCCCC1)C1C(Cc2ccc(OCc3ccccc3)cc2)N=C(Cc2cccc(O)c2)N1CCCc1ccccc1. The lowest BCUT2D eigenvalue weighted by molar-refractivity contribution is -0.141. The van der Waals surface area contributed by atoms with E-state index in [1.165, 1.54) is 60.6 Å². The van der Waals surface area contributed by atoms with E-state index in [0.717, 1.165) is 145 Å². The number of amides is 3. The van der Waals surface area contributed by atoms with Crippen LogP contribution in [0.4, 0.5) is 0 Å². The average molecular weight is 1750 g/mol. The number of aliphatic imine (C=N–C) groups is 3. The predicted octanol–water partition coefficient (Wildman–Crippen LogP) is 19.1. The van der Waals surface area contributed by atoms with Crippen molar-refractivity contribution in [2.24, 2.45) is 15.0 Å². The van der Waals surface area contributed by atoms with Gasteiger partial charge in [0.1, 0.15) is 78.4 Å². The standard InChI is InChI=1S/C40H45N3O3.C37H39N3O5.C33H39N3OS/c44-35-20-10-16-33(26-35)28-38-42-37(27-31-21-23-36(24-22-31)46-29-32-14-6-2-7-15-32)39(40(45)41-34-18-8-3-9-19-34)43(38)25-11-17-30-12-4-1-5-13-30;1-44-35(42)25-38-37(43)36-33(23-28-17-19-32(20-18-28)45-26-29-12-6-3-7-13-29)39-34(24-30-14-8-16-31(41)22-30)40(36)21-9-15-27-10-4-2-5-11-27;1-38-23-22-29-31(33(37)34-28-20-12-5-13-21-28)36(24-25-14-6-2-7-15-25)32(35-29)30(26-16-8-3-9-17-26)27-18-10-4-11-19-27/h1-2,4-7,10,12-16,20-24,26,34,37,39,44H,3,8-9,11,17-19,25,27-29H2,(H,41,45);2-8,10-14,16-20,22,33,36,41H,9,15,21,23-26H2,1H3,(H,38,43);2-4,6-11,14-19,28-31H,5,12-13,20-24H2,1H3,(H,34,37). The van der Waals surface area contributed by atoms with Gasteiger partial charge in [0.2, 0.25) is 17.7 Å². The maximum atomic E-state index is 14.2. The number of carbonyl (C=O) groups excluding carboxylic acids is 4. The minimum Gasteiger partial charge on any atom is -0.508 e. The summed E-state index contributed by atoms with van der Waals surface area (Å²) in [5, 5.41) is 30.0. The molecule has 0 radical (unpaired) electrons. The third-order valence-electron chi connectivity index (χ3n) is 24.9. The predicted molar refractivity (Wildman–Crippen MR) is 518 cm³/mol. The Balaban J connectivity index is 0.000000157. The van der Waals surface area contributed by atoms with Crippen molar-refractivity contribution < 1.29 is 43.6 Å². The second-order valence-corrected chi connectivity index (χ2v) is 35.2. The summed E-state index contributed by atoms with van der Waals surface area (Å²) in [6.45, 7) is 2.78. The highest BCUT2D eigenvalue weighted by molar-refractivity contribution is 7.98. The van der Waals surface area contributed by atoms with Gasteiger partial charge in [0, 0.05) is 44.6 Å². The number of hydrogen-bond acceptors (Lipinski definition) is 16. The zero-order chi connectivity index (χ0) is 89.1. The van der Waals surface area contributed by atoms with Crippen molar-refractivity contribution in [1.29, 1.82) is 0 Å².